The summed E-state index contributed by atoms with van der Waals surface area (Å²) < 4.78 is 35.4. The number of methoxy groups -OCH3 is 1. The Kier molecular flexibility index (Phi) is 5.81. The number of aliphatic carboxylic acids is 1. The van der Waals surface area contributed by atoms with Gasteiger partial charge in [-0.25, -0.2) is 18.6 Å². The van der Waals surface area contributed by atoms with Crippen LogP contribution in [-0.2, 0) is 9.53 Å². The van der Waals surface area contributed by atoms with E-state index in [1.807, 2.05) is 30.3 Å². The predicted molar refractivity (Wildman–Crippen MR) is 108 cm³/mol. The molecule has 1 saturated carbocycles. The Morgan fingerprint density at radius 2 is 1.80 bits per heavy atom. The third-order valence-corrected chi connectivity index (χ3v) is 5.96. The first kappa shape index (κ1) is 20.5. The normalized spacial score (nSPS) is 17.2. The molecule has 0 saturated heterocycles. The number of hydrogen-bond donors (Lipinski definition) is 1. The van der Waals surface area contributed by atoms with Crippen molar-refractivity contribution in [3.63, 3.8) is 0 Å². The number of aromatic nitrogens is 2. The molecule has 1 aromatic heterocycles. The van der Waals surface area contributed by atoms with Gasteiger partial charge in [0.25, 0.3) is 0 Å². The molecule has 2 atom stereocenters. The van der Waals surface area contributed by atoms with Crippen molar-refractivity contribution in [1.82, 2.24) is 9.55 Å². The summed E-state index contributed by atoms with van der Waals surface area (Å²) in [7, 11) is 1.51. The maximum Gasteiger partial charge on any atom is 0.327 e. The molecule has 1 aliphatic rings. The van der Waals surface area contributed by atoms with Crippen molar-refractivity contribution in [3.8, 4) is 0 Å². The molecular weight excluding hydrogens is 390 g/mol. The van der Waals surface area contributed by atoms with Crippen molar-refractivity contribution in [2.75, 3.05) is 7.11 Å². The summed E-state index contributed by atoms with van der Waals surface area (Å²) in [5.41, 5.74) is 1.26. The molecule has 1 N–H and O–H groups in total. The first-order chi connectivity index (χ1) is 14.5. The number of fused-ring (bicyclic) bond motifs is 1. The molecule has 2 aromatic carbocycles. The van der Waals surface area contributed by atoms with Crippen LogP contribution in [0.5, 0.6) is 0 Å². The highest BCUT2D eigenvalue weighted by molar-refractivity contribution is 5.81. The highest BCUT2D eigenvalue weighted by atomic mass is 19.2. The van der Waals surface area contributed by atoms with E-state index >= 15 is 0 Å². The summed E-state index contributed by atoms with van der Waals surface area (Å²) in [6, 6.07) is 10.4. The van der Waals surface area contributed by atoms with Gasteiger partial charge in [0.15, 0.2) is 11.6 Å². The van der Waals surface area contributed by atoms with E-state index in [0.29, 0.717) is 5.82 Å². The number of nitrogens with zero attached hydrogens (tertiary/aromatic N) is 2. The maximum absolute atomic E-state index is 14.2. The molecule has 0 radical (unpaired) electrons. The van der Waals surface area contributed by atoms with Crippen LogP contribution in [0, 0.1) is 17.6 Å². The lowest BCUT2D eigenvalue weighted by molar-refractivity contribution is -0.143. The van der Waals surface area contributed by atoms with Gasteiger partial charge in [-0.1, -0.05) is 49.6 Å². The summed E-state index contributed by atoms with van der Waals surface area (Å²) in [5, 5.41) is 10.2. The van der Waals surface area contributed by atoms with E-state index in [4.69, 9.17) is 4.74 Å². The Morgan fingerprint density at radius 1 is 1.13 bits per heavy atom. The van der Waals surface area contributed by atoms with E-state index in [1.165, 1.54) is 7.11 Å². The van der Waals surface area contributed by atoms with Gasteiger partial charge in [0, 0.05) is 19.2 Å². The van der Waals surface area contributed by atoms with Crippen molar-refractivity contribution in [2.24, 2.45) is 5.92 Å². The van der Waals surface area contributed by atoms with Gasteiger partial charge in [-0.05, 0) is 24.3 Å². The second kappa shape index (κ2) is 8.52. The molecule has 1 unspecified atom stereocenters. The first-order valence-corrected chi connectivity index (χ1v) is 10.2. The van der Waals surface area contributed by atoms with Crippen LogP contribution in [0.3, 0.4) is 0 Å². The van der Waals surface area contributed by atoms with Gasteiger partial charge in [0.05, 0.1) is 11.0 Å². The predicted octanol–water partition coefficient (Wildman–Crippen LogP) is 5.26. The number of imidazole rings is 1. The highest BCUT2D eigenvalue weighted by Crippen LogP contribution is 2.39. The third-order valence-electron chi connectivity index (χ3n) is 5.96. The van der Waals surface area contributed by atoms with Gasteiger partial charge in [-0.3, -0.25) is 0 Å². The molecule has 3 aromatic rings. The van der Waals surface area contributed by atoms with E-state index in [9.17, 15) is 18.7 Å². The zero-order valence-electron chi connectivity index (χ0n) is 16.7. The maximum atomic E-state index is 14.2. The number of rotatable bonds is 6. The largest absolute Gasteiger partial charge is 0.480 e. The number of halogens is 2. The van der Waals surface area contributed by atoms with Gasteiger partial charge >= 0.3 is 5.97 Å². The minimum absolute atomic E-state index is 0.117. The first-order valence-electron chi connectivity index (χ1n) is 10.2. The van der Waals surface area contributed by atoms with E-state index in [1.54, 1.807) is 4.57 Å². The Labute approximate surface area is 173 Å². The van der Waals surface area contributed by atoms with E-state index in [0.717, 1.165) is 49.8 Å². The summed E-state index contributed by atoms with van der Waals surface area (Å²) in [6.07, 6.45) is 3.84. The number of carboxylic acid groups (broad SMARTS) is 1. The fraction of sp³-hybridized carbons (Fsp3) is 0.391. The van der Waals surface area contributed by atoms with Gasteiger partial charge in [-0.2, -0.15) is 0 Å². The van der Waals surface area contributed by atoms with Crippen molar-refractivity contribution >= 4 is 17.0 Å². The fourth-order valence-corrected chi connectivity index (χ4v) is 4.58. The minimum atomic E-state index is -1.03. The number of ether oxygens (including phenoxy) is 1. The lowest BCUT2D eigenvalue weighted by atomic mass is 9.83. The van der Waals surface area contributed by atoms with Crippen molar-refractivity contribution in [1.29, 1.82) is 0 Å². The minimum Gasteiger partial charge on any atom is -0.480 e. The van der Waals surface area contributed by atoms with E-state index in [-0.39, 0.29) is 17.0 Å². The molecule has 30 heavy (non-hydrogen) atoms. The highest BCUT2D eigenvalue weighted by Gasteiger charge is 2.36. The van der Waals surface area contributed by atoms with E-state index < -0.39 is 29.7 Å². The lowest BCUT2D eigenvalue weighted by Crippen LogP contribution is -2.31. The number of benzene rings is 2. The number of carboxylic acids is 1. The third kappa shape index (κ3) is 3.69. The second-order valence-electron chi connectivity index (χ2n) is 7.80. The van der Waals surface area contributed by atoms with Crippen molar-refractivity contribution < 1.29 is 23.4 Å². The van der Waals surface area contributed by atoms with E-state index in [2.05, 4.69) is 4.98 Å². The molecule has 1 aliphatic carbocycles. The molecule has 1 fully saturated rings. The van der Waals surface area contributed by atoms with Crippen LogP contribution in [0.4, 0.5) is 8.78 Å². The van der Waals surface area contributed by atoms with Crippen LogP contribution in [0.25, 0.3) is 11.0 Å². The number of hydrogen-bond acceptors (Lipinski definition) is 3. The van der Waals surface area contributed by atoms with Crippen LogP contribution < -0.4 is 0 Å². The van der Waals surface area contributed by atoms with Crippen molar-refractivity contribution in [2.45, 2.75) is 44.2 Å². The summed E-state index contributed by atoms with van der Waals surface area (Å²) in [5.74, 6) is -2.83. The molecule has 5 nitrogen and oxygen atoms in total. The smallest absolute Gasteiger partial charge is 0.327 e. The van der Waals surface area contributed by atoms with Gasteiger partial charge in [0.2, 0.25) is 0 Å². The Morgan fingerprint density at radius 3 is 2.43 bits per heavy atom. The second-order valence-corrected chi connectivity index (χ2v) is 7.80. The summed E-state index contributed by atoms with van der Waals surface area (Å²) >= 11 is 0. The van der Waals surface area contributed by atoms with Crippen LogP contribution in [-0.4, -0.2) is 27.7 Å². The average Bonchev–Trinajstić information content (AvgIpc) is 3.08. The SMILES string of the molecule is CO[C@H](c1ccccc1)c1nc2cc(F)c(F)cc2n1C(C(=O)O)C1CCCCC1. The van der Waals surface area contributed by atoms with Crippen LogP contribution in [0.15, 0.2) is 42.5 Å². The molecule has 4 rings (SSSR count). The van der Waals surface area contributed by atoms with Crippen LogP contribution in [0.2, 0.25) is 0 Å². The zero-order chi connectivity index (χ0) is 21.3. The van der Waals surface area contributed by atoms with Gasteiger partial charge in [-0.15, -0.1) is 0 Å². The van der Waals surface area contributed by atoms with Gasteiger partial charge < -0.3 is 14.4 Å². The lowest BCUT2D eigenvalue weighted by Gasteiger charge is -2.31. The molecule has 0 amide bonds. The Bertz CT molecular complexity index is 1050. The van der Waals surface area contributed by atoms with Crippen LogP contribution in [0.1, 0.15) is 55.6 Å². The molecular formula is C23H24F2N2O3. The topological polar surface area (TPSA) is 64.4 Å². The summed E-state index contributed by atoms with van der Waals surface area (Å²) in [6.45, 7) is 0. The Hall–Kier alpha value is -2.80. The molecule has 7 heteroatoms. The summed E-state index contributed by atoms with van der Waals surface area (Å²) in [4.78, 5) is 17.0. The average molecular weight is 414 g/mol. The quantitative estimate of drug-likeness (QED) is 0.598. The standard InChI is InChI=1S/C23H24F2N2O3/c1-30-21(15-10-6-3-7-11-15)22-26-18-12-16(24)17(25)13-19(18)27(22)20(23(28)29)14-8-4-2-5-9-14/h3,6-7,10-14,20-21H,2,4-5,8-9H2,1H3,(H,28,29)/t20?,21-/m1/s1. The fourth-order valence-electron chi connectivity index (χ4n) is 4.58. The zero-order valence-corrected chi connectivity index (χ0v) is 16.7. The molecule has 0 bridgehead atoms. The van der Waals surface area contributed by atoms with Crippen LogP contribution >= 0.6 is 0 Å². The monoisotopic (exact) mass is 414 g/mol. The molecule has 0 aliphatic heterocycles. The molecule has 0 spiro atoms. The Balaban J connectivity index is 1.96. The van der Waals surface area contributed by atoms with Crippen molar-refractivity contribution in [3.05, 3.63) is 65.5 Å². The van der Waals surface area contributed by atoms with Gasteiger partial charge in [0.1, 0.15) is 18.0 Å². The molecule has 1 heterocycles. The molecule has 158 valence electrons. The number of carbonyl (C=O) groups is 1.